The van der Waals surface area contributed by atoms with Gasteiger partial charge < -0.3 is 14.2 Å². The second kappa shape index (κ2) is 66.6. The number of rotatable bonds is 60. The standard InChI is InChI=1S/C73H124O6/c1-4-7-10-13-16-18-20-22-24-26-28-30-32-34-36-38-40-42-44-46-48-50-52-54-57-60-63-66-72(75)78-69-70(68-77-71(74)65-62-59-56-15-12-9-6-3)79-73(76)67-64-61-58-55-53-51-49-47-45-43-41-39-37-35-33-31-29-27-25-23-21-19-17-14-11-8-5-2/h7,10,16,18,21-24,27-30,33-36,40,42,70H,4-6,8-9,11-15,17,19-20,25-26,31-32,37-39,41,43-69H2,1-3H3/b10-7-,18-16-,23-21-,24-22-,29-27-,30-28-,35-33-,36-34-,42-40-. The van der Waals surface area contributed by atoms with Gasteiger partial charge in [0.25, 0.3) is 0 Å². The van der Waals surface area contributed by atoms with Gasteiger partial charge in [-0.3, -0.25) is 14.4 Å². The molecule has 0 saturated carbocycles. The van der Waals surface area contributed by atoms with Gasteiger partial charge in [0.05, 0.1) is 0 Å². The predicted octanol–water partition coefficient (Wildman–Crippen LogP) is 23.0. The third-order valence-corrected chi connectivity index (χ3v) is 14.3. The van der Waals surface area contributed by atoms with Gasteiger partial charge in [-0.15, -0.1) is 0 Å². The summed E-state index contributed by atoms with van der Waals surface area (Å²) in [6.45, 7) is 6.48. The van der Waals surface area contributed by atoms with Crippen molar-refractivity contribution in [3.05, 3.63) is 109 Å². The largest absolute Gasteiger partial charge is 0.462 e. The molecule has 1 unspecified atom stereocenters. The zero-order valence-corrected chi connectivity index (χ0v) is 51.9. The van der Waals surface area contributed by atoms with Gasteiger partial charge in [-0.25, -0.2) is 0 Å². The number of carbonyl (C=O) groups excluding carboxylic acids is 3. The molecule has 0 aliphatic rings. The van der Waals surface area contributed by atoms with Crippen LogP contribution in [0.2, 0.25) is 0 Å². The van der Waals surface area contributed by atoms with Crippen LogP contribution in [-0.4, -0.2) is 37.2 Å². The van der Waals surface area contributed by atoms with Crippen LogP contribution < -0.4 is 0 Å². The highest BCUT2D eigenvalue weighted by Gasteiger charge is 2.19. The number of carbonyl (C=O) groups is 3. The SMILES string of the molecule is CC/C=C\C/C=C\C/C=C\C/C=C\C/C=C\C/C=C\CCCCCCCCCCC(=O)OCC(COC(=O)CCCCCCCCC)OC(=O)CCCCCCCCCCCCCC/C=C\C/C=C\C/C=C\CCCCCCC. The molecule has 0 amide bonds. The van der Waals surface area contributed by atoms with Crippen LogP contribution in [0.3, 0.4) is 0 Å². The van der Waals surface area contributed by atoms with Crippen molar-refractivity contribution < 1.29 is 28.6 Å². The van der Waals surface area contributed by atoms with Crippen LogP contribution in [0, 0.1) is 0 Å². The van der Waals surface area contributed by atoms with Crippen LogP contribution in [0.1, 0.15) is 316 Å². The third kappa shape index (κ3) is 64.8. The molecule has 0 saturated heterocycles. The highest BCUT2D eigenvalue weighted by molar-refractivity contribution is 5.71. The summed E-state index contributed by atoms with van der Waals surface area (Å²) in [7, 11) is 0. The average molecular weight is 1100 g/mol. The van der Waals surface area contributed by atoms with Gasteiger partial charge in [-0.1, -0.05) is 297 Å². The Morgan fingerprint density at radius 2 is 0.494 bits per heavy atom. The van der Waals surface area contributed by atoms with Gasteiger partial charge in [0.15, 0.2) is 6.10 Å². The Morgan fingerprint density at radius 1 is 0.266 bits per heavy atom. The molecule has 6 heteroatoms. The second-order valence-electron chi connectivity index (χ2n) is 22.0. The average Bonchev–Trinajstić information content (AvgIpc) is 3.45. The number of allylic oxidation sites excluding steroid dienone is 18. The maximum absolute atomic E-state index is 12.9. The van der Waals surface area contributed by atoms with E-state index in [1.807, 2.05) is 0 Å². The molecule has 0 aliphatic heterocycles. The lowest BCUT2D eigenvalue weighted by Gasteiger charge is -2.18. The molecule has 452 valence electrons. The van der Waals surface area contributed by atoms with Crippen LogP contribution in [0.15, 0.2) is 109 Å². The number of ether oxygens (including phenoxy) is 3. The second-order valence-corrected chi connectivity index (χ2v) is 22.0. The third-order valence-electron chi connectivity index (χ3n) is 14.3. The van der Waals surface area contributed by atoms with Crippen molar-refractivity contribution in [2.24, 2.45) is 0 Å². The first kappa shape index (κ1) is 75.1. The monoisotopic (exact) mass is 1100 g/mol. The van der Waals surface area contributed by atoms with E-state index < -0.39 is 6.10 Å². The van der Waals surface area contributed by atoms with E-state index >= 15 is 0 Å². The van der Waals surface area contributed by atoms with Crippen LogP contribution in [0.5, 0.6) is 0 Å². The maximum atomic E-state index is 12.9. The number of esters is 3. The summed E-state index contributed by atoms with van der Waals surface area (Å²) in [5, 5.41) is 0. The van der Waals surface area contributed by atoms with Crippen LogP contribution >= 0.6 is 0 Å². The highest BCUT2D eigenvalue weighted by Crippen LogP contribution is 2.16. The molecule has 0 aromatic carbocycles. The minimum absolute atomic E-state index is 0.0803. The van der Waals surface area contributed by atoms with E-state index in [0.717, 1.165) is 116 Å². The Kier molecular flexibility index (Phi) is 63.3. The number of hydrogen-bond acceptors (Lipinski definition) is 6. The van der Waals surface area contributed by atoms with Crippen molar-refractivity contribution in [3.63, 3.8) is 0 Å². The quantitative estimate of drug-likeness (QED) is 0.0261. The topological polar surface area (TPSA) is 78.9 Å². The number of unbranched alkanes of at least 4 members (excludes halogenated alkanes) is 31. The molecule has 6 nitrogen and oxygen atoms in total. The Labute approximate surface area is 489 Å². The van der Waals surface area contributed by atoms with E-state index in [-0.39, 0.29) is 31.1 Å². The molecule has 1 atom stereocenters. The number of hydrogen-bond donors (Lipinski definition) is 0. The van der Waals surface area contributed by atoms with Crippen LogP contribution in [0.4, 0.5) is 0 Å². The van der Waals surface area contributed by atoms with Gasteiger partial charge in [0, 0.05) is 19.3 Å². The minimum atomic E-state index is -0.782. The first-order valence-electron chi connectivity index (χ1n) is 33.4. The molecule has 0 bridgehead atoms. The molecule has 0 N–H and O–H groups in total. The van der Waals surface area contributed by atoms with Crippen molar-refractivity contribution in [1.82, 2.24) is 0 Å². The fourth-order valence-corrected chi connectivity index (χ4v) is 9.28. The Hall–Kier alpha value is -3.93. The van der Waals surface area contributed by atoms with E-state index in [4.69, 9.17) is 14.2 Å². The molecule has 79 heavy (non-hydrogen) atoms. The zero-order chi connectivity index (χ0) is 57.1. The minimum Gasteiger partial charge on any atom is -0.462 e. The Bertz CT molecular complexity index is 1590. The summed E-state index contributed by atoms with van der Waals surface area (Å²) in [6.07, 6.45) is 91.2. The molecule has 0 spiro atoms. The molecular formula is C73H124O6. The van der Waals surface area contributed by atoms with E-state index in [2.05, 4.69) is 130 Å². The van der Waals surface area contributed by atoms with E-state index in [1.165, 1.54) is 161 Å². The lowest BCUT2D eigenvalue weighted by atomic mass is 10.0. The van der Waals surface area contributed by atoms with Gasteiger partial charge in [-0.2, -0.15) is 0 Å². The summed E-state index contributed by atoms with van der Waals surface area (Å²) in [5.41, 5.74) is 0. The summed E-state index contributed by atoms with van der Waals surface area (Å²) >= 11 is 0. The van der Waals surface area contributed by atoms with Gasteiger partial charge in [0.2, 0.25) is 0 Å². The van der Waals surface area contributed by atoms with E-state index in [0.29, 0.717) is 19.3 Å². The fraction of sp³-hybridized carbons (Fsp3) is 0.712. The summed E-state index contributed by atoms with van der Waals surface area (Å²) in [4.78, 5) is 38.1. The zero-order valence-electron chi connectivity index (χ0n) is 51.9. The maximum Gasteiger partial charge on any atom is 0.306 e. The van der Waals surface area contributed by atoms with Crippen molar-refractivity contribution in [2.45, 2.75) is 322 Å². The molecule has 0 aromatic rings. The summed E-state index contributed by atoms with van der Waals surface area (Å²) in [5.74, 6) is -0.890. The fourth-order valence-electron chi connectivity index (χ4n) is 9.28. The van der Waals surface area contributed by atoms with Gasteiger partial charge >= 0.3 is 17.9 Å². The Balaban J connectivity index is 4.15. The molecule has 0 heterocycles. The normalized spacial score (nSPS) is 12.8. The predicted molar refractivity (Wildman–Crippen MR) is 343 cm³/mol. The van der Waals surface area contributed by atoms with Crippen molar-refractivity contribution in [1.29, 1.82) is 0 Å². The van der Waals surface area contributed by atoms with Crippen molar-refractivity contribution >= 4 is 17.9 Å². The first-order chi connectivity index (χ1) is 39.0. The summed E-state index contributed by atoms with van der Waals surface area (Å²) < 4.78 is 16.9. The highest BCUT2D eigenvalue weighted by atomic mass is 16.6. The first-order valence-corrected chi connectivity index (χ1v) is 33.4. The molecule has 0 aliphatic carbocycles. The van der Waals surface area contributed by atoms with Gasteiger partial charge in [0.1, 0.15) is 13.2 Å². The van der Waals surface area contributed by atoms with Crippen LogP contribution in [-0.2, 0) is 28.6 Å². The lowest BCUT2D eigenvalue weighted by molar-refractivity contribution is -0.167. The molecule has 0 radical (unpaired) electrons. The Morgan fingerprint density at radius 3 is 0.772 bits per heavy atom. The van der Waals surface area contributed by atoms with E-state index in [1.54, 1.807) is 0 Å². The van der Waals surface area contributed by atoms with Gasteiger partial charge in [-0.05, 0) is 109 Å². The molecule has 0 rings (SSSR count). The van der Waals surface area contributed by atoms with Crippen molar-refractivity contribution in [3.8, 4) is 0 Å². The molecule has 0 fully saturated rings. The lowest BCUT2D eigenvalue weighted by Crippen LogP contribution is -2.30. The van der Waals surface area contributed by atoms with Crippen LogP contribution in [0.25, 0.3) is 0 Å². The van der Waals surface area contributed by atoms with Crippen molar-refractivity contribution in [2.75, 3.05) is 13.2 Å². The smallest absolute Gasteiger partial charge is 0.306 e. The molecular weight excluding hydrogens is 973 g/mol. The van der Waals surface area contributed by atoms with E-state index in [9.17, 15) is 14.4 Å². The summed E-state index contributed by atoms with van der Waals surface area (Å²) in [6, 6.07) is 0. The molecule has 0 aromatic heterocycles.